The largest absolute Gasteiger partial charge is 0.370 e. The van der Waals surface area contributed by atoms with E-state index >= 15 is 0 Å². The number of ether oxygens (including phenoxy) is 1. The van der Waals surface area contributed by atoms with Gasteiger partial charge in [-0.3, -0.25) is 5.10 Å². The summed E-state index contributed by atoms with van der Waals surface area (Å²) in [6.45, 7) is 0.939. The van der Waals surface area contributed by atoms with Gasteiger partial charge in [0.2, 0.25) is 0 Å². The number of aromatic amines is 1. The number of H-pyrrole nitrogens is 1. The van der Waals surface area contributed by atoms with Gasteiger partial charge in [0.1, 0.15) is 6.61 Å². The molecule has 0 saturated heterocycles. The van der Waals surface area contributed by atoms with Crippen molar-refractivity contribution in [1.82, 2.24) is 15.2 Å². The lowest BCUT2D eigenvalue weighted by Crippen LogP contribution is -2.49. The summed E-state index contributed by atoms with van der Waals surface area (Å²) in [7, 11) is 0. The van der Waals surface area contributed by atoms with Gasteiger partial charge in [-0.15, -0.1) is 0 Å². The molecule has 1 aromatic heterocycles. The molecule has 4 aliphatic rings. The molecule has 19 heavy (non-hydrogen) atoms. The zero-order valence-corrected chi connectivity index (χ0v) is 11.2. The molecule has 0 unspecified atom stereocenters. The first-order valence-corrected chi connectivity index (χ1v) is 7.53. The minimum atomic E-state index is 0.383. The van der Waals surface area contributed by atoms with Crippen LogP contribution in [-0.4, -0.2) is 21.3 Å². The molecule has 0 aromatic carbocycles. The molecule has 1 aromatic rings. The Labute approximate surface area is 113 Å². The van der Waals surface area contributed by atoms with E-state index in [1.807, 2.05) is 0 Å². The Morgan fingerprint density at radius 1 is 1.11 bits per heavy atom. The Kier molecular flexibility index (Phi) is 2.84. The zero-order chi connectivity index (χ0) is 12.8. The second-order valence-electron chi connectivity index (χ2n) is 6.61. The Morgan fingerprint density at radius 3 is 2.37 bits per heavy atom. The van der Waals surface area contributed by atoms with E-state index in [2.05, 4.69) is 15.2 Å². The molecule has 0 spiro atoms. The van der Waals surface area contributed by atoms with Crippen molar-refractivity contribution in [3.63, 3.8) is 0 Å². The highest BCUT2D eigenvalue weighted by atomic mass is 16.5. The van der Waals surface area contributed by atoms with Crippen molar-refractivity contribution in [2.45, 2.75) is 51.4 Å². The molecule has 0 atom stereocenters. The van der Waals surface area contributed by atoms with Crippen LogP contribution in [0, 0.1) is 23.7 Å². The summed E-state index contributed by atoms with van der Waals surface area (Å²) in [5.74, 6) is 5.08. The summed E-state index contributed by atoms with van der Waals surface area (Å²) in [5.41, 5.74) is 5.51. The van der Waals surface area contributed by atoms with Crippen LogP contribution in [0.4, 0.5) is 0 Å². The Bertz CT molecular complexity index is 430. The van der Waals surface area contributed by atoms with Crippen molar-refractivity contribution in [2.75, 3.05) is 0 Å². The molecule has 4 fully saturated rings. The quantitative estimate of drug-likeness (QED) is 0.864. The van der Waals surface area contributed by atoms with Crippen LogP contribution in [0.3, 0.4) is 0 Å². The Hall–Kier alpha value is -0.940. The normalized spacial score (nSPS) is 39.9. The highest BCUT2D eigenvalue weighted by Gasteiger charge is 2.48. The van der Waals surface area contributed by atoms with Crippen LogP contribution in [0.2, 0.25) is 0 Å². The van der Waals surface area contributed by atoms with Gasteiger partial charge >= 0.3 is 0 Å². The van der Waals surface area contributed by atoms with Gasteiger partial charge in [-0.25, -0.2) is 4.98 Å². The lowest BCUT2D eigenvalue weighted by Gasteiger charge is -2.53. The maximum absolute atomic E-state index is 6.19. The summed E-state index contributed by atoms with van der Waals surface area (Å²) in [6, 6.07) is 0. The first-order valence-electron chi connectivity index (χ1n) is 7.53. The molecule has 104 valence electrons. The molecule has 4 bridgehead atoms. The Balaban J connectivity index is 1.40. The van der Waals surface area contributed by atoms with Crippen LogP contribution in [-0.2, 0) is 17.9 Å². The summed E-state index contributed by atoms with van der Waals surface area (Å²) >= 11 is 0. The van der Waals surface area contributed by atoms with Crippen molar-refractivity contribution in [2.24, 2.45) is 29.4 Å². The van der Waals surface area contributed by atoms with Crippen molar-refractivity contribution in [3.8, 4) is 0 Å². The number of hydrogen-bond donors (Lipinski definition) is 2. The fourth-order valence-electron chi connectivity index (χ4n) is 4.81. The third-order valence-corrected chi connectivity index (χ3v) is 5.31. The molecule has 0 aliphatic heterocycles. The van der Waals surface area contributed by atoms with Crippen molar-refractivity contribution in [3.05, 3.63) is 11.6 Å². The molecule has 1 heterocycles. The van der Waals surface area contributed by atoms with Gasteiger partial charge < -0.3 is 10.5 Å². The molecular weight excluding hydrogens is 240 g/mol. The van der Waals surface area contributed by atoms with Gasteiger partial charge in [0.15, 0.2) is 11.6 Å². The van der Waals surface area contributed by atoms with Gasteiger partial charge in [-0.2, -0.15) is 5.10 Å². The topological polar surface area (TPSA) is 76.8 Å². The van der Waals surface area contributed by atoms with E-state index in [0.717, 1.165) is 29.5 Å². The van der Waals surface area contributed by atoms with Crippen LogP contribution in [0.5, 0.6) is 0 Å². The maximum atomic E-state index is 6.19. The van der Waals surface area contributed by atoms with Gasteiger partial charge in [-0.05, 0) is 55.8 Å². The van der Waals surface area contributed by atoms with E-state index in [9.17, 15) is 0 Å². The van der Waals surface area contributed by atoms with Crippen LogP contribution >= 0.6 is 0 Å². The number of hydrogen-bond acceptors (Lipinski definition) is 4. The molecule has 4 aliphatic carbocycles. The SMILES string of the molecule is NCc1n[nH]c(COC2C3CC4CC(C3)CC2C4)n1. The monoisotopic (exact) mass is 262 g/mol. The number of aromatic nitrogens is 3. The third kappa shape index (κ3) is 2.09. The van der Waals surface area contributed by atoms with Crippen molar-refractivity contribution in [1.29, 1.82) is 0 Å². The van der Waals surface area contributed by atoms with Gasteiger partial charge in [0, 0.05) is 0 Å². The van der Waals surface area contributed by atoms with E-state index in [1.165, 1.54) is 32.1 Å². The predicted octanol–water partition coefficient (Wildman–Crippen LogP) is 1.60. The fraction of sp³-hybridized carbons (Fsp3) is 0.857. The van der Waals surface area contributed by atoms with Crippen molar-refractivity contribution < 1.29 is 4.74 Å². The number of nitrogens with one attached hydrogen (secondary N) is 1. The zero-order valence-electron chi connectivity index (χ0n) is 11.2. The van der Waals surface area contributed by atoms with Gasteiger partial charge in [-0.1, -0.05) is 0 Å². The molecule has 0 radical (unpaired) electrons. The van der Waals surface area contributed by atoms with E-state index in [1.54, 1.807) is 0 Å². The van der Waals surface area contributed by atoms with E-state index in [0.29, 0.717) is 25.1 Å². The molecule has 5 heteroatoms. The minimum Gasteiger partial charge on any atom is -0.370 e. The summed E-state index contributed by atoms with van der Waals surface area (Å²) in [4.78, 5) is 4.31. The highest BCUT2D eigenvalue weighted by Crippen LogP contribution is 2.54. The number of rotatable bonds is 4. The lowest BCUT2D eigenvalue weighted by molar-refractivity contribution is -0.133. The minimum absolute atomic E-state index is 0.383. The summed E-state index contributed by atoms with van der Waals surface area (Å²) < 4.78 is 6.19. The van der Waals surface area contributed by atoms with Crippen LogP contribution in [0.1, 0.15) is 43.8 Å². The van der Waals surface area contributed by atoms with Gasteiger partial charge in [0.05, 0.1) is 12.6 Å². The molecular formula is C14H22N4O. The summed E-state index contributed by atoms with van der Waals surface area (Å²) in [5, 5.41) is 6.96. The second kappa shape index (κ2) is 4.56. The molecule has 5 rings (SSSR count). The van der Waals surface area contributed by atoms with E-state index in [-0.39, 0.29) is 0 Å². The maximum Gasteiger partial charge on any atom is 0.164 e. The van der Waals surface area contributed by atoms with Gasteiger partial charge in [0.25, 0.3) is 0 Å². The highest BCUT2D eigenvalue weighted by molar-refractivity contribution is 4.99. The molecule has 5 nitrogen and oxygen atoms in total. The number of nitrogens with two attached hydrogens (primary N) is 1. The third-order valence-electron chi connectivity index (χ3n) is 5.31. The smallest absolute Gasteiger partial charge is 0.164 e. The fourth-order valence-corrected chi connectivity index (χ4v) is 4.81. The number of nitrogens with zero attached hydrogens (tertiary/aromatic N) is 2. The summed E-state index contributed by atoms with van der Waals surface area (Å²) in [6.07, 6.45) is 7.51. The molecule has 0 amide bonds. The average Bonchev–Trinajstić information content (AvgIpc) is 2.85. The van der Waals surface area contributed by atoms with E-state index in [4.69, 9.17) is 10.5 Å². The Morgan fingerprint density at radius 2 is 1.79 bits per heavy atom. The lowest BCUT2D eigenvalue weighted by atomic mass is 9.55. The van der Waals surface area contributed by atoms with Crippen LogP contribution in [0.25, 0.3) is 0 Å². The van der Waals surface area contributed by atoms with Crippen molar-refractivity contribution >= 4 is 0 Å². The molecule has 3 N–H and O–H groups in total. The second-order valence-corrected chi connectivity index (χ2v) is 6.61. The predicted molar refractivity (Wildman–Crippen MR) is 69.9 cm³/mol. The molecule has 4 saturated carbocycles. The standard InChI is InChI=1S/C14H22N4O/c15-6-12-16-13(18-17-12)7-19-14-10-2-8-1-9(4-10)5-11(14)3-8/h8-11,14H,1-7,15H2,(H,16,17,18). The van der Waals surface area contributed by atoms with Crippen LogP contribution < -0.4 is 5.73 Å². The first-order chi connectivity index (χ1) is 9.31. The average molecular weight is 262 g/mol. The van der Waals surface area contributed by atoms with Crippen LogP contribution in [0.15, 0.2) is 0 Å². The van der Waals surface area contributed by atoms with E-state index < -0.39 is 0 Å². The first kappa shape index (κ1) is 11.9.